The molecular weight excluding hydrogens is 317 g/mol. The van der Waals surface area contributed by atoms with Crippen molar-refractivity contribution in [1.29, 1.82) is 0 Å². The Morgan fingerprint density at radius 1 is 0.947 bits per heavy atom. The predicted molar refractivity (Wildman–Crippen MR) is 72.9 cm³/mol. The minimum Gasteiger partial charge on any atom is -0.207 e. The molecule has 1 atom stereocenters. The lowest BCUT2D eigenvalue weighted by atomic mass is 10.0. The van der Waals surface area contributed by atoms with Crippen molar-refractivity contribution < 1.29 is 13.2 Å². The van der Waals surface area contributed by atoms with Gasteiger partial charge >= 0.3 is 0 Å². The van der Waals surface area contributed by atoms with Crippen LogP contribution in [0.4, 0.5) is 13.2 Å². The van der Waals surface area contributed by atoms with E-state index in [-0.39, 0.29) is 10.6 Å². The quantitative estimate of drug-likeness (QED) is 0.688. The maximum absolute atomic E-state index is 13.7. The highest BCUT2D eigenvalue weighted by Gasteiger charge is 2.14. The first-order valence-electron chi connectivity index (χ1n) is 5.81. The van der Waals surface area contributed by atoms with E-state index < -0.39 is 11.6 Å². The number of hydrogen-bond donors (Lipinski definition) is 0. The third-order valence-electron chi connectivity index (χ3n) is 2.89. The molecule has 0 aliphatic rings. The standard InChI is InChI=1S/C15H12BrF3/c1-9-2-4-13(17)11(6-9)12(16)7-10-3-5-14(18)15(19)8-10/h2-6,8,12H,7H2,1H3. The fourth-order valence-corrected chi connectivity index (χ4v) is 2.61. The molecular formula is C15H12BrF3. The molecule has 2 rings (SSSR count). The van der Waals surface area contributed by atoms with Gasteiger partial charge in [0.1, 0.15) is 5.82 Å². The summed E-state index contributed by atoms with van der Waals surface area (Å²) >= 11 is 3.39. The molecule has 0 fully saturated rings. The predicted octanol–water partition coefficient (Wildman–Crippen LogP) is 5.09. The van der Waals surface area contributed by atoms with Crippen molar-refractivity contribution in [2.24, 2.45) is 0 Å². The second-order valence-corrected chi connectivity index (χ2v) is 5.55. The first-order valence-corrected chi connectivity index (χ1v) is 6.73. The van der Waals surface area contributed by atoms with Crippen LogP contribution < -0.4 is 0 Å². The summed E-state index contributed by atoms with van der Waals surface area (Å²) in [5.41, 5.74) is 2.08. The summed E-state index contributed by atoms with van der Waals surface area (Å²) in [5.74, 6) is -2.08. The van der Waals surface area contributed by atoms with Crippen LogP contribution in [-0.2, 0) is 6.42 Å². The molecule has 0 nitrogen and oxygen atoms in total. The Bertz CT molecular complexity index is 596. The topological polar surface area (TPSA) is 0 Å². The molecule has 2 aromatic rings. The number of benzene rings is 2. The largest absolute Gasteiger partial charge is 0.207 e. The minimum absolute atomic E-state index is 0.280. The van der Waals surface area contributed by atoms with Crippen molar-refractivity contribution >= 4 is 15.9 Å². The average Bonchev–Trinajstić information content (AvgIpc) is 2.36. The van der Waals surface area contributed by atoms with Crippen LogP contribution in [0.1, 0.15) is 21.5 Å². The zero-order valence-electron chi connectivity index (χ0n) is 10.3. The second-order valence-electron chi connectivity index (χ2n) is 4.45. The van der Waals surface area contributed by atoms with E-state index >= 15 is 0 Å². The van der Waals surface area contributed by atoms with Crippen LogP contribution in [0.5, 0.6) is 0 Å². The highest BCUT2D eigenvalue weighted by Crippen LogP contribution is 2.30. The lowest BCUT2D eigenvalue weighted by Gasteiger charge is -2.12. The van der Waals surface area contributed by atoms with E-state index in [2.05, 4.69) is 15.9 Å². The first kappa shape index (κ1) is 14.1. The average molecular weight is 329 g/mol. The molecule has 0 N–H and O–H groups in total. The van der Waals surface area contributed by atoms with E-state index in [1.165, 1.54) is 12.1 Å². The zero-order chi connectivity index (χ0) is 14.0. The Morgan fingerprint density at radius 2 is 1.63 bits per heavy atom. The van der Waals surface area contributed by atoms with Gasteiger partial charge in [0.05, 0.1) is 0 Å². The number of alkyl halides is 1. The molecule has 19 heavy (non-hydrogen) atoms. The summed E-state index contributed by atoms with van der Waals surface area (Å²) in [5, 5.41) is 0. The number of rotatable bonds is 3. The van der Waals surface area contributed by atoms with Gasteiger partial charge in [0.15, 0.2) is 11.6 Å². The summed E-state index contributed by atoms with van der Waals surface area (Å²) in [7, 11) is 0. The lowest BCUT2D eigenvalue weighted by molar-refractivity contribution is 0.507. The van der Waals surface area contributed by atoms with Crippen LogP contribution in [0.25, 0.3) is 0 Å². The van der Waals surface area contributed by atoms with Crippen molar-refractivity contribution in [3.8, 4) is 0 Å². The van der Waals surface area contributed by atoms with E-state index in [9.17, 15) is 13.2 Å². The monoisotopic (exact) mass is 328 g/mol. The van der Waals surface area contributed by atoms with Gasteiger partial charge in [-0.2, -0.15) is 0 Å². The third-order valence-corrected chi connectivity index (χ3v) is 3.70. The fraction of sp³-hybridized carbons (Fsp3) is 0.200. The normalized spacial score (nSPS) is 12.5. The molecule has 1 unspecified atom stereocenters. The molecule has 2 aromatic carbocycles. The van der Waals surface area contributed by atoms with Gasteiger partial charge in [-0.05, 0) is 37.1 Å². The van der Waals surface area contributed by atoms with Crippen LogP contribution >= 0.6 is 15.9 Å². The van der Waals surface area contributed by atoms with Crippen molar-refractivity contribution in [3.63, 3.8) is 0 Å². The van der Waals surface area contributed by atoms with Crippen molar-refractivity contribution in [2.75, 3.05) is 0 Å². The Labute approximate surface area is 118 Å². The maximum atomic E-state index is 13.7. The molecule has 4 heteroatoms. The van der Waals surface area contributed by atoms with Gasteiger partial charge in [0.2, 0.25) is 0 Å². The highest BCUT2D eigenvalue weighted by atomic mass is 79.9. The smallest absolute Gasteiger partial charge is 0.159 e. The van der Waals surface area contributed by atoms with Crippen LogP contribution in [0.15, 0.2) is 36.4 Å². The molecule has 0 spiro atoms. The molecule has 0 aliphatic heterocycles. The highest BCUT2D eigenvalue weighted by molar-refractivity contribution is 9.09. The van der Waals surface area contributed by atoms with E-state index in [0.29, 0.717) is 17.5 Å². The molecule has 0 saturated carbocycles. The fourth-order valence-electron chi connectivity index (χ4n) is 1.89. The maximum Gasteiger partial charge on any atom is 0.159 e. The molecule has 100 valence electrons. The summed E-state index contributed by atoms with van der Waals surface area (Å²) in [4.78, 5) is -0.280. The number of hydrogen-bond acceptors (Lipinski definition) is 0. The van der Waals surface area contributed by atoms with Gasteiger partial charge in [-0.25, -0.2) is 13.2 Å². The molecule has 0 radical (unpaired) electrons. The van der Waals surface area contributed by atoms with Crippen LogP contribution in [0.2, 0.25) is 0 Å². The summed E-state index contributed by atoms with van der Waals surface area (Å²) < 4.78 is 39.6. The molecule has 0 aromatic heterocycles. The zero-order valence-corrected chi connectivity index (χ0v) is 11.8. The lowest BCUT2D eigenvalue weighted by Crippen LogP contribution is -2.00. The van der Waals surface area contributed by atoms with E-state index in [1.54, 1.807) is 12.1 Å². The third kappa shape index (κ3) is 3.38. The second kappa shape index (κ2) is 5.78. The van der Waals surface area contributed by atoms with Gasteiger partial charge in [-0.15, -0.1) is 0 Å². The van der Waals surface area contributed by atoms with Crippen LogP contribution in [-0.4, -0.2) is 0 Å². The number of halogens is 4. The van der Waals surface area contributed by atoms with Crippen molar-refractivity contribution in [1.82, 2.24) is 0 Å². The summed E-state index contributed by atoms with van der Waals surface area (Å²) in [6.07, 6.45) is 0.386. The summed E-state index contributed by atoms with van der Waals surface area (Å²) in [6.45, 7) is 1.88. The molecule has 0 bridgehead atoms. The van der Waals surface area contributed by atoms with Crippen LogP contribution in [0, 0.1) is 24.4 Å². The Kier molecular flexibility index (Phi) is 4.30. The van der Waals surface area contributed by atoms with Crippen molar-refractivity contribution in [3.05, 3.63) is 70.5 Å². The SMILES string of the molecule is Cc1ccc(F)c(C(Br)Cc2ccc(F)c(F)c2)c1. The molecule has 0 aliphatic carbocycles. The Balaban J connectivity index is 2.22. The van der Waals surface area contributed by atoms with Crippen molar-refractivity contribution in [2.45, 2.75) is 18.2 Å². The van der Waals surface area contributed by atoms with E-state index in [0.717, 1.165) is 17.7 Å². The van der Waals surface area contributed by atoms with E-state index in [4.69, 9.17) is 0 Å². The molecule has 0 heterocycles. The Hall–Kier alpha value is -1.29. The van der Waals surface area contributed by atoms with Gasteiger partial charge in [-0.1, -0.05) is 39.7 Å². The number of aryl methyl sites for hydroxylation is 1. The van der Waals surface area contributed by atoms with Crippen LogP contribution in [0.3, 0.4) is 0 Å². The van der Waals surface area contributed by atoms with E-state index in [1.807, 2.05) is 6.92 Å². The van der Waals surface area contributed by atoms with Gasteiger partial charge in [0.25, 0.3) is 0 Å². The minimum atomic E-state index is -0.887. The van der Waals surface area contributed by atoms with Gasteiger partial charge in [0, 0.05) is 10.4 Å². The van der Waals surface area contributed by atoms with Gasteiger partial charge < -0.3 is 0 Å². The molecule has 0 saturated heterocycles. The first-order chi connectivity index (χ1) is 8.97. The van der Waals surface area contributed by atoms with Gasteiger partial charge in [-0.3, -0.25) is 0 Å². The molecule has 0 amide bonds. The summed E-state index contributed by atoms with van der Waals surface area (Å²) in [6, 6.07) is 8.56. The Morgan fingerprint density at radius 3 is 2.32 bits per heavy atom.